The Kier molecular flexibility index (Phi) is 5.26. The highest BCUT2D eigenvalue weighted by molar-refractivity contribution is 5.96. The van der Waals surface area contributed by atoms with E-state index in [9.17, 15) is 9.59 Å². The Labute approximate surface area is 153 Å². The zero-order chi connectivity index (χ0) is 18.7. The van der Waals surface area contributed by atoms with Crippen LogP contribution in [0.25, 0.3) is 0 Å². The van der Waals surface area contributed by atoms with Crippen molar-refractivity contribution in [3.05, 3.63) is 64.2 Å². The smallest absolute Gasteiger partial charge is 0.279 e. The molecule has 0 unspecified atom stereocenters. The first kappa shape index (κ1) is 18.0. The summed E-state index contributed by atoms with van der Waals surface area (Å²) in [5, 5.41) is 0. The standard InChI is InChI=1S/C21H24N2O3/c1-13-6-4-9-19(14(13)2)26-15(3)20(24)22-23-21(25)18-11-10-16-7-5-8-17(16)12-18/h4,6,9-12,15H,5,7-8H2,1-3H3,(H,22,24)(H,23,25)/t15-/m0/s1. The number of hydrazine groups is 1. The average Bonchev–Trinajstić information content (AvgIpc) is 3.10. The number of ether oxygens (including phenoxy) is 1. The number of benzene rings is 2. The third kappa shape index (κ3) is 3.87. The van der Waals surface area contributed by atoms with Crippen LogP contribution in [-0.2, 0) is 17.6 Å². The van der Waals surface area contributed by atoms with Crippen LogP contribution in [0.3, 0.4) is 0 Å². The van der Waals surface area contributed by atoms with Gasteiger partial charge in [-0.2, -0.15) is 0 Å². The van der Waals surface area contributed by atoms with Gasteiger partial charge in [-0.05, 0) is 80.5 Å². The Morgan fingerprint density at radius 2 is 1.81 bits per heavy atom. The van der Waals surface area contributed by atoms with Gasteiger partial charge in [-0.15, -0.1) is 0 Å². The van der Waals surface area contributed by atoms with E-state index < -0.39 is 12.0 Å². The molecule has 5 heteroatoms. The summed E-state index contributed by atoms with van der Waals surface area (Å²) in [5.41, 5.74) is 10.1. The molecule has 0 radical (unpaired) electrons. The summed E-state index contributed by atoms with van der Waals surface area (Å²) in [6.45, 7) is 5.59. The minimum Gasteiger partial charge on any atom is -0.481 e. The number of nitrogens with one attached hydrogen (secondary N) is 2. The molecule has 26 heavy (non-hydrogen) atoms. The monoisotopic (exact) mass is 352 g/mol. The van der Waals surface area contributed by atoms with Gasteiger partial charge in [-0.1, -0.05) is 18.2 Å². The van der Waals surface area contributed by atoms with Gasteiger partial charge in [0.2, 0.25) is 0 Å². The van der Waals surface area contributed by atoms with E-state index in [0.717, 1.165) is 30.4 Å². The predicted octanol–water partition coefficient (Wildman–Crippen LogP) is 3.02. The van der Waals surface area contributed by atoms with E-state index in [1.807, 2.05) is 44.2 Å². The molecule has 0 bridgehead atoms. The van der Waals surface area contributed by atoms with Gasteiger partial charge in [0.05, 0.1) is 0 Å². The number of fused-ring (bicyclic) bond motifs is 1. The fourth-order valence-corrected chi connectivity index (χ4v) is 3.10. The van der Waals surface area contributed by atoms with Crippen LogP contribution in [0.4, 0.5) is 0 Å². The average molecular weight is 352 g/mol. The van der Waals surface area contributed by atoms with Crippen molar-refractivity contribution >= 4 is 11.8 Å². The van der Waals surface area contributed by atoms with Crippen LogP contribution in [0.2, 0.25) is 0 Å². The maximum absolute atomic E-state index is 12.3. The predicted molar refractivity (Wildman–Crippen MR) is 100 cm³/mol. The van der Waals surface area contributed by atoms with E-state index in [0.29, 0.717) is 11.3 Å². The van der Waals surface area contributed by atoms with E-state index in [4.69, 9.17) is 4.74 Å². The Balaban J connectivity index is 1.56. The van der Waals surface area contributed by atoms with E-state index in [1.165, 1.54) is 11.1 Å². The Hall–Kier alpha value is -2.82. The summed E-state index contributed by atoms with van der Waals surface area (Å²) in [6, 6.07) is 11.4. The lowest BCUT2D eigenvalue weighted by Gasteiger charge is -2.17. The van der Waals surface area contributed by atoms with Gasteiger partial charge in [0.1, 0.15) is 5.75 Å². The lowest BCUT2D eigenvalue weighted by Crippen LogP contribution is -2.47. The highest BCUT2D eigenvalue weighted by atomic mass is 16.5. The second-order valence-electron chi connectivity index (χ2n) is 6.74. The van der Waals surface area contributed by atoms with Crippen molar-refractivity contribution in [2.24, 2.45) is 0 Å². The molecule has 0 aliphatic heterocycles. The lowest BCUT2D eigenvalue weighted by atomic mass is 10.1. The second kappa shape index (κ2) is 7.60. The highest BCUT2D eigenvalue weighted by Crippen LogP contribution is 2.23. The molecular weight excluding hydrogens is 328 g/mol. The van der Waals surface area contributed by atoms with Crippen LogP contribution in [0.1, 0.15) is 46.0 Å². The SMILES string of the molecule is Cc1cccc(O[C@@H](C)C(=O)NNC(=O)c2ccc3c(c2)CCC3)c1C. The normalized spacial score (nSPS) is 13.7. The van der Waals surface area contributed by atoms with Gasteiger partial charge < -0.3 is 4.74 Å². The first-order valence-corrected chi connectivity index (χ1v) is 8.90. The van der Waals surface area contributed by atoms with Crippen molar-refractivity contribution in [2.75, 3.05) is 0 Å². The molecule has 0 spiro atoms. The molecule has 2 aromatic carbocycles. The quantitative estimate of drug-likeness (QED) is 0.831. The summed E-state index contributed by atoms with van der Waals surface area (Å²) in [7, 11) is 0. The van der Waals surface area contributed by atoms with Gasteiger partial charge in [0.15, 0.2) is 6.10 Å². The van der Waals surface area contributed by atoms with E-state index in [2.05, 4.69) is 10.9 Å². The van der Waals surface area contributed by atoms with Crippen molar-refractivity contribution in [1.82, 2.24) is 10.9 Å². The van der Waals surface area contributed by atoms with Crippen molar-refractivity contribution < 1.29 is 14.3 Å². The number of aryl methyl sites for hydroxylation is 3. The molecule has 2 N–H and O–H groups in total. The summed E-state index contributed by atoms with van der Waals surface area (Å²) < 4.78 is 5.72. The van der Waals surface area contributed by atoms with Crippen LogP contribution in [-0.4, -0.2) is 17.9 Å². The van der Waals surface area contributed by atoms with Crippen molar-refractivity contribution in [2.45, 2.75) is 46.1 Å². The molecule has 3 rings (SSSR count). The Bertz CT molecular complexity index is 845. The summed E-state index contributed by atoms with van der Waals surface area (Å²) >= 11 is 0. The number of rotatable bonds is 4. The van der Waals surface area contributed by atoms with Crippen molar-refractivity contribution in [1.29, 1.82) is 0 Å². The van der Waals surface area contributed by atoms with Crippen LogP contribution in [0.5, 0.6) is 5.75 Å². The minimum atomic E-state index is -0.726. The zero-order valence-electron chi connectivity index (χ0n) is 15.4. The fourth-order valence-electron chi connectivity index (χ4n) is 3.10. The van der Waals surface area contributed by atoms with E-state index in [-0.39, 0.29) is 5.91 Å². The molecule has 0 heterocycles. The number of hydrogen-bond donors (Lipinski definition) is 2. The summed E-state index contributed by atoms with van der Waals surface area (Å²) in [5.74, 6) is -0.0648. The minimum absolute atomic E-state index is 0.327. The molecule has 0 saturated heterocycles. The Morgan fingerprint density at radius 3 is 2.62 bits per heavy atom. The molecule has 136 valence electrons. The molecule has 0 fully saturated rings. The summed E-state index contributed by atoms with van der Waals surface area (Å²) in [4.78, 5) is 24.5. The van der Waals surface area contributed by atoms with Crippen molar-refractivity contribution in [3.8, 4) is 5.75 Å². The number of carbonyl (C=O) groups is 2. The molecule has 2 aromatic rings. The fraction of sp³-hybridized carbons (Fsp3) is 0.333. The molecule has 0 saturated carbocycles. The third-order valence-corrected chi connectivity index (χ3v) is 4.89. The zero-order valence-corrected chi connectivity index (χ0v) is 15.4. The van der Waals surface area contributed by atoms with Gasteiger partial charge >= 0.3 is 0 Å². The molecular formula is C21H24N2O3. The number of amides is 2. The van der Waals surface area contributed by atoms with Gasteiger partial charge in [-0.25, -0.2) is 0 Å². The molecule has 1 aliphatic carbocycles. The number of carbonyl (C=O) groups excluding carboxylic acids is 2. The van der Waals surface area contributed by atoms with Crippen LogP contribution in [0, 0.1) is 13.8 Å². The molecule has 2 amide bonds. The van der Waals surface area contributed by atoms with E-state index in [1.54, 1.807) is 13.0 Å². The third-order valence-electron chi connectivity index (χ3n) is 4.89. The van der Waals surface area contributed by atoms with Gasteiger partial charge in [-0.3, -0.25) is 20.4 Å². The molecule has 0 aromatic heterocycles. The highest BCUT2D eigenvalue weighted by Gasteiger charge is 2.18. The van der Waals surface area contributed by atoms with Gasteiger partial charge in [0, 0.05) is 5.56 Å². The second-order valence-corrected chi connectivity index (χ2v) is 6.74. The van der Waals surface area contributed by atoms with Crippen LogP contribution < -0.4 is 15.6 Å². The van der Waals surface area contributed by atoms with Crippen LogP contribution >= 0.6 is 0 Å². The first-order chi connectivity index (χ1) is 12.5. The molecule has 1 aliphatic rings. The largest absolute Gasteiger partial charge is 0.481 e. The van der Waals surface area contributed by atoms with Crippen molar-refractivity contribution in [3.63, 3.8) is 0 Å². The van der Waals surface area contributed by atoms with Gasteiger partial charge in [0.25, 0.3) is 11.8 Å². The Morgan fingerprint density at radius 1 is 1.04 bits per heavy atom. The first-order valence-electron chi connectivity index (χ1n) is 8.90. The molecule has 5 nitrogen and oxygen atoms in total. The lowest BCUT2D eigenvalue weighted by molar-refractivity contribution is -0.128. The van der Waals surface area contributed by atoms with Crippen LogP contribution in [0.15, 0.2) is 36.4 Å². The number of hydrogen-bond acceptors (Lipinski definition) is 3. The maximum atomic E-state index is 12.3. The molecule has 1 atom stereocenters. The van der Waals surface area contributed by atoms with E-state index >= 15 is 0 Å². The maximum Gasteiger partial charge on any atom is 0.279 e. The summed E-state index contributed by atoms with van der Waals surface area (Å²) in [6.07, 6.45) is 2.48. The topological polar surface area (TPSA) is 67.4 Å².